The molecule has 0 N–H and O–H groups in total. The van der Waals surface area contributed by atoms with Crippen molar-refractivity contribution in [1.82, 2.24) is 15.0 Å². The first kappa shape index (κ1) is 20.5. The summed E-state index contributed by atoms with van der Waals surface area (Å²) in [4.78, 5) is 21.4. The first-order valence-electron chi connectivity index (χ1n) is 10.7. The van der Waals surface area contributed by atoms with Gasteiger partial charge in [0.1, 0.15) is 29.4 Å². The summed E-state index contributed by atoms with van der Waals surface area (Å²) in [7, 11) is 0. The normalized spacial score (nSPS) is 28.2. The van der Waals surface area contributed by atoms with Crippen molar-refractivity contribution in [3.8, 4) is 11.9 Å². The van der Waals surface area contributed by atoms with Crippen LogP contribution in [-0.2, 0) is 4.79 Å². The van der Waals surface area contributed by atoms with Crippen LogP contribution in [0, 0.1) is 46.6 Å². The second kappa shape index (κ2) is 8.26. The van der Waals surface area contributed by atoms with E-state index in [0.717, 1.165) is 25.1 Å². The van der Waals surface area contributed by atoms with E-state index in [-0.39, 0.29) is 23.4 Å². The number of hydrogen-bond acceptors (Lipinski definition) is 6. The van der Waals surface area contributed by atoms with Crippen LogP contribution in [0.25, 0.3) is 0 Å². The zero-order chi connectivity index (χ0) is 22.2. The van der Waals surface area contributed by atoms with Gasteiger partial charge in [0, 0.05) is 36.9 Å². The Kier molecular flexibility index (Phi) is 5.29. The van der Waals surface area contributed by atoms with E-state index >= 15 is 0 Å². The zero-order valence-corrected chi connectivity index (χ0v) is 17.2. The van der Waals surface area contributed by atoms with Crippen molar-refractivity contribution in [2.24, 2.45) is 28.8 Å². The number of rotatable bonds is 5. The summed E-state index contributed by atoms with van der Waals surface area (Å²) < 4.78 is 33.4. The van der Waals surface area contributed by atoms with Gasteiger partial charge in [-0.05, 0) is 43.1 Å². The van der Waals surface area contributed by atoms with Gasteiger partial charge in [0.15, 0.2) is 0 Å². The number of hydrazone groups is 1. The van der Waals surface area contributed by atoms with Crippen LogP contribution in [0.1, 0.15) is 43.0 Å². The molecule has 32 heavy (non-hydrogen) atoms. The van der Waals surface area contributed by atoms with Crippen molar-refractivity contribution in [1.29, 1.82) is 5.26 Å². The van der Waals surface area contributed by atoms with Crippen molar-refractivity contribution in [3.05, 3.63) is 53.5 Å². The van der Waals surface area contributed by atoms with Gasteiger partial charge in [-0.25, -0.2) is 18.8 Å². The number of fused-ring (bicyclic) bond motifs is 2. The van der Waals surface area contributed by atoms with Crippen LogP contribution >= 0.6 is 0 Å². The molecule has 6 rings (SSSR count). The van der Waals surface area contributed by atoms with Crippen LogP contribution in [0.3, 0.4) is 0 Å². The Balaban J connectivity index is 1.26. The molecule has 0 saturated heterocycles. The van der Waals surface area contributed by atoms with E-state index < -0.39 is 17.7 Å². The Labute approximate surface area is 183 Å². The molecule has 3 fully saturated rings. The molecule has 3 saturated carbocycles. The lowest BCUT2D eigenvalue weighted by Gasteiger charge is -2.51. The number of amides is 1. The predicted molar refractivity (Wildman–Crippen MR) is 109 cm³/mol. The van der Waals surface area contributed by atoms with Crippen LogP contribution in [0.2, 0.25) is 0 Å². The fourth-order valence-corrected chi connectivity index (χ4v) is 5.06. The average Bonchev–Trinajstić information content (AvgIpc) is 3.26. The first-order valence-corrected chi connectivity index (χ1v) is 10.7. The van der Waals surface area contributed by atoms with Crippen LogP contribution in [0.4, 0.5) is 8.78 Å². The third kappa shape index (κ3) is 3.70. The molecule has 2 aromatic rings. The van der Waals surface area contributed by atoms with Crippen molar-refractivity contribution in [3.63, 3.8) is 0 Å². The molecule has 2 unspecified atom stereocenters. The summed E-state index contributed by atoms with van der Waals surface area (Å²) in [6.45, 7) is 0.445. The van der Waals surface area contributed by atoms with Gasteiger partial charge in [-0.3, -0.25) is 9.78 Å². The Bertz CT molecular complexity index is 1090. The van der Waals surface area contributed by atoms with E-state index in [1.165, 1.54) is 11.2 Å². The Hall–Kier alpha value is -3.41. The summed E-state index contributed by atoms with van der Waals surface area (Å²) in [5.41, 5.74) is 0.502. The molecule has 4 aliphatic rings. The predicted octanol–water partition coefficient (Wildman–Crippen LogP) is 3.63. The second-order valence-electron chi connectivity index (χ2n) is 8.65. The van der Waals surface area contributed by atoms with Gasteiger partial charge in [-0.15, -0.1) is 0 Å². The molecule has 2 aromatic heterocycles. The number of hydrogen-bond donors (Lipinski definition) is 0. The smallest absolute Gasteiger partial charge is 0.246 e. The van der Waals surface area contributed by atoms with E-state index in [9.17, 15) is 13.6 Å². The molecule has 0 spiro atoms. The van der Waals surface area contributed by atoms with Crippen LogP contribution in [-0.4, -0.2) is 33.7 Å². The van der Waals surface area contributed by atoms with E-state index in [1.54, 1.807) is 18.3 Å². The maximum Gasteiger partial charge on any atom is 0.246 e. The molecule has 7 nitrogen and oxygen atoms in total. The van der Waals surface area contributed by atoms with Gasteiger partial charge >= 0.3 is 0 Å². The molecule has 1 aliphatic heterocycles. The largest absolute Gasteiger partial charge is 0.477 e. The molecule has 9 heteroatoms. The van der Waals surface area contributed by atoms with Gasteiger partial charge in [-0.1, -0.05) is 0 Å². The standard InChI is InChI=1S/C23H21F2N5O2/c24-17-8-19(25)22(28-11-17)20-3-4-29-30(20)23(31)18-7-16(14-5-15(18)6-14)12-32-21-2-1-13(9-26)10-27-21/h1-2,4,8,10-11,14-16,18,20H,3,5-7,12H2/t14?,15?,16-,18?,20?/m0/s1. The summed E-state index contributed by atoms with van der Waals surface area (Å²) in [6.07, 6.45) is 6.93. The SMILES string of the molecule is N#Cc1ccc(OC[C@@H]2CC(C(=O)N3N=CCC3c3ncc(F)cc3F)C3CC2C3)nc1. The molecule has 164 valence electrons. The van der Waals surface area contributed by atoms with Crippen LogP contribution in [0.15, 0.2) is 35.7 Å². The minimum atomic E-state index is -0.771. The van der Waals surface area contributed by atoms with Crippen LogP contribution in [0.5, 0.6) is 5.88 Å². The highest BCUT2D eigenvalue weighted by atomic mass is 19.1. The third-order valence-corrected chi connectivity index (χ3v) is 6.84. The van der Waals surface area contributed by atoms with E-state index in [4.69, 9.17) is 10.00 Å². The minimum absolute atomic E-state index is 0.0336. The van der Waals surface area contributed by atoms with Crippen LogP contribution < -0.4 is 4.74 Å². The average molecular weight is 437 g/mol. The number of carbonyl (C=O) groups is 1. The lowest BCUT2D eigenvalue weighted by Crippen LogP contribution is -2.50. The lowest BCUT2D eigenvalue weighted by molar-refractivity contribution is -0.148. The summed E-state index contributed by atoms with van der Waals surface area (Å²) in [5.74, 6) is -0.423. The van der Waals surface area contributed by atoms with Crippen molar-refractivity contribution >= 4 is 12.1 Å². The molecule has 1 amide bonds. The van der Waals surface area contributed by atoms with Crippen molar-refractivity contribution in [2.75, 3.05) is 6.61 Å². The number of ether oxygens (including phenoxy) is 1. The van der Waals surface area contributed by atoms with E-state index in [1.807, 2.05) is 6.07 Å². The second-order valence-corrected chi connectivity index (χ2v) is 8.65. The molecule has 3 atom stereocenters. The highest BCUT2D eigenvalue weighted by molar-refractivity contribution is 5.82. The maximum absolute atomic E-state index is 14.3. The highest BCUT2D eigenvalue weighted by Crippen LogP contribution is 2.53. The van der Waals surface area contributed by atoms with E-state index in [2.05, 4.69) is 15.1 Å². The van der Waals surface area contributed by atoms with Gasteiger partial charge in [-0.2, -0.15) is 10.4 Å². The van der Waals surface area contributed by atoms with Crippen molar-refractivity contribution < 1.29 is 18.3 Å². The number of carbonyl (C=O) groups excluding carboxylic acids is 1. The number of nitrogens with zero attached hydrogens (tertiary/aromatic N) is 5. The van der Waals surface area contributed by atoms with Gasteiger partial charge < -0.3 is 4.74 Å². The van der Waals surface area contributed by atoms with E-state index in [0.29, 0.717) is 42.7 Å². The number of pyridine rings is 2. The zero-order valence-electron chi connectivity index (χ0n) is 17.2. The third-order valence-electron chi connectivity index (χ3n) is 6.84. The summed E-state index contributed by atoms with van der Waals surface area (Å²) in [6, 6.07) is 5.47. The van der Waals surface area contributed by atoms with Gasteiger partial charge in [0.25, 0.3) is 0 Å². The fraction of sp³-hybridized carbons (Fsp3) is 0.435. The summed E-state index contributed by atoms with van der Waals surface area (Å²) in [5, 5.41) is 14.4. The molecule has 0 radical (unpaired) electrons. The Morgan fingerprint density at radius 1 is 1.19 bits per heavy atom. The molecule has 2 bridgehead atoms. The van der Waals surface area contributed by atoms with Gasteiger partial charge in [0.2, 0.25) is 11.8 Å². The monoisotopic (exact) mass is 437 g/mol. The fourth-order valence-electron chi connectivity index (χ4n) is 5.06. The van der Waals surface area contributed by atoms with Crippen molar-refractivity contribution in [2.45, 2.75) is 31.7 Å². The highest BCUT2D eigenvalue weighted by Gasteiger charge is 2.50. The Morgan fingerprint density at radius 2 is 2.03 bits per heavy atom. The molecule has 0 aromatic carbocycles. The minimum Gasteiger partial charge on any atom is -0.477 e. The maximum atomic E-state index is 14.3. The molecular formula is C23H21F2N5O2. The van der Waals surface area contributed by atoms with Gasteiger partial charge in [0.05, 0.1) is 18.4 Å². The summed E-state index contributed by atoms with van der Waals surface area (Å²) >= 11 is 0. The number of halogens is 2. The topological polar surface area (TPSA) is 91.5 Å². The number of aromatic nitrogens is 2. The molecule has 3 heterocycles. The lowest BCUT2D eigenvalue weighted by atomic mass is 9.55. The first-order chi connectivity index (χ1) is 15.5. The Morgan fingerprint density at radius 3 is 2.75 bits per heavy atom. The number of nitriles is 1. The quantitative estimate of drug-likeness (QED) is 0.712. The molecular weight excluding hydrogens is 416 g/mol. The molecule has 3 aliphatic carbocycles.